The van der Waals surface area contributed by atoms with Crippen LogP contribution in [-0.2, 0) is 22.6 Å². The Hall–Kier alpha value is -3.27. The van der Waals surface area contributed by atoms with Gasteiger partial charge in [-0.25, -0.2) is 10.3 Å². The third-order valence-corrected chi connectivity index (χ3v) is 8.22. The van der Waals surface area contributed by atoms with Crippen LogP contribution >= 0.6 is 0 Å². The summed E-state index contributed by atoms with van der Waals surface area (Å²) in [5.41, 5.74) is 5.19. The van der Waals surface area contributed by atoms with Gasteiger partial charge in [0.2, 0.25) is 0 Å². The van der Waals surface area contributed by atoms with Crippen LogP contribution in [0.1, 0.15) is 61.0 Å². The number of piperidine rings is 2. The Balaban J connectivity index is 1.10. The van der Waals surface area contributed by atoms with Crippen molar-refractivity contribution in [2.24, 2.45) is 5.41 Å². The topological polar surface area (TPSA) is 71.1 Å². The van der Waals surface area contributed by atoms with E-state index in [0.717, 1.165) is 57.5 Å². The first-order valence-electron chi connectivity index (χ1n) is 13.4. The van der Waals surface area contributed by atoms with Crippen molar-refractivity contribution in [1.29, 1.82) is 0 Å². The lowest BCUT2D eigenvalue weighted by molar-refractivity contribution is -0.196. The average Bonchev–Trinajstić information content (AvgIpc) is 3.23. The molecule has 2 saturated heterocycles. The number of alkyl halides is 3. The molecule has 1 amide bonds. The predicted octanol–water partition coefficient (Wildman–Crippen LogP) is 5.35. The molecule has 10 heteroatoms. The van der Waals surface area contributed by atoms with Crippen molar-refractivity contribution in [3.63, 3.8) is 0 Å². The zero-order valence-electron chi connectivity index (χ0n) is 22.3. The van der Waals surface area contributed by atoms with Gasteiger partial charge in [-0.1, -0.05) is 18.2 Å². The highest BCUT2D eigenvalue weighted by atomic mass is 19.4. The first-order chi connectivity index (χ1) is 18.4. The Bertz CT molecular complexity index is 1210. The van der Waals surface area contributed by atoms with Crippen LogP contribution in [0.4, 0.5) is 18.9 Å². The van der Waals surface area contributed by atoms with Gasteiger partial charge in [-0.15, -0.1) is 0 Å². The van der Waals surface area contributed by atoms with Gasteiger partial charge < -0.3 is 14.5 Å². The summed E-state index contributed by atoms with van der Waals surface area (Å²) >= 11 is 0. The number of likely N-dealkylation sites (tertiary alicyclic amines) is 2. The minimum absolute atomic E-state index is 0.109. The molecule has 2 aromatic rings. The number of para-hydroxylation sites is 1. The molecule has 1 spiro atoms. The first-order valence-corrected chi connectivity index (χ1v) is 13.4. The first kappa shape index (κ1) is 27.3. The zero-order chi connectivity index (χ0) is 27.8. The van der Waals surface area contributed by atoms with Crippen molar-refractivity contribution in [3.8, 4) is 5.75 Å². The van der Waals surface area contributed by atoms with Crippen molar-refractivity contribution in [2.75, 3.05) is 31.7 Å². The Kier molecular flexibility index (Phi) is 7.26. The lowest BCUT2D eigenvalue weighted by atomic mass is 9.71. The summed E-state index contributed by atoms with van der Waals surface area (Å²) in [4.78, 5) is 32.2. The van der Waals surface area contributed by atoms with Crippen molar-refractivity contribution in [1.82, 2.24) is 9.80 Å². The summed E-state index contributed by atoms with van der Waals surface area (Å²) in [6.45, 7) is 8.55. The molecule has 0 unspecified atom stereocenters. The second-order valence-electron chi connectivity index (χ2n) is 11.6. The van der Waals surface area contributed by atoms with Crippen LogP contribution in [-0.4, -0.2) is 59.6 Å². The fourth-order valence-corrected chi connectivity index (χ4v) is 5.94. The van der Waals surface area contributed by atoms with E-state index in [1.54, 1.807) is 0 Å². The van der Waals surface area contributed by atoms with Gasteiger partial charge in [0.25, 0.3) is 5.91 Å². The summed E-state index contributed by atoms with van der Waals surface area (Å²) in [6.07, 6.45) is -0.0253. The smallest absolute Gasteiger partial charge is 0.487 e. The molecular formula is C29H34F3N3O4. The molecule has 7 nitrogen and oxygen atoms in total. The second kappa shape index (κ2) is 10.4. The van der Waals surface area contributed by atoms with Gasteiger partial charge >= 0.3 is 12.1 Å². The van der Waals surface area contributed by atoms with Gasteiger partial charge in [0.15, 0.2) is 0 Å². The minimum Gasteiger partial charge on any atom is -0.487 e. The van der Waals surface area contributed by atoms with Crippen LogP contribution in [0.3, 0.4) is 0 Å². The lowest BCUT2D eigenvalue weighted by Gasteiger charge is -2.47. The summed E-state index contributed by atoms with van der Waals surface area (Å²) in [5.74, 6) is -1.39. The van der Waals surface area contributed by atoms with E-state index in [2.05, 4.69) is 41.8 Å². The number of rotatable bonds is 5. The molecule has 0 aliphatic carbocycles. The largest absolute Gasteiger partial charge is 0.493 e. The van der Waals surface area contributed by atoms with E-state index in [-0.39, 0.29) is 22.6 Å². The van der Waals surface area contributed by atoms with Crippen LogP contribution in [0.25, 0.3) is 0 Å². The Labute approximate surface area is 226 Å². The number of amides is 1. The van der Waals surface area contributed by atoms with Gasteiger partial charge in [-0.05, 0) is 87.9 Å². The van der Waals surface area contributed by atoms with Crippen LogP contribution < -0.4 is 10.2 Å². The molecule has 0 atom stereocenters. The molecule has 1 N–H and O–H groups in total. The number of hydrogen-bond donors (Lipinski definition) is 1. The number of hydrogen-bond acceptors (Lipinski definition) is 6. The molecule has 0 aromatic heterocycles. The summed E-state index contributed by atoms with van der Waals surface area (Å²) < 4.78 is 43.0. The molecule has 3 aliphatic rings. The molecule has 0 bridgehead atoms. The van der Waals surface area contributed by atoms with Gasteiger partial charge in [0.05, 0.1) is 5.69 Å². The molecule has 39 heavy (non-hydrogen) atoms. The molecule has 2 aromatic carbocycles. The Morgan fingerprint density at radius 1 is 0.974 bits per heavy atom. The number of nitrogens with one attached hydrogen (secondary N) is 1. The number of ether oxygens (including phenoxy) is 1. The minimum atomic E-state index is -5.08. The fraction of sp³-hybridized carbons (Fsp3) is 0.517. The van der Waals surface area contributed by atoms with E-state index in [4.69, 9.17) is 4.74 Å². The van der Waals surface area contributed by atoms with Gasteiger partial charge in [0.1, 0.15) is 11.4 Å². The van der Waals surface area contributed by atoms with E-state index in [1.165, 1.54) is 35.4 Å². The maximum atomic E-state index is 13.0. The highest BCUT2D eigenvalue weighted by Gasteiger charge is 2.42. The molecule has 0 radical (unpaired) electrons. The number of carbonyl (C=O) groups excluding carboxylic acids is 2. The molecule has 210 valence electrons. The fourth-order valence-electron chi connectivity index (χ4n) is 5.94. The maximum Gasteiger partial charge on any atom is 0.493 e. The van der Waals surface area contributed by atoms with Gasteiger partial charge in [-0.2, -0.15) is 13.2 Å². The van der Waals surface area contributed by atoms with E-state index in [0.29, 0.717) is 18.7 Å². The quantitative estimate of drug-likeness (QED) is 0.511. The third-order valence-electron chi connectivity index (χ3n) is 8.22. The van der Waals surface area contributed by atoms with Crippen molar-refractivity contribution < 1.29 is 32.3 Å². The molecule has 5 rings (SSSR count). The standard InChI is InChI=1S/C29H34F3N3O4/c1-27(2)18-21-4-3-5-22(24(21)38-27)19-34-14-10-28(11-15-34)12-16-35(17-13-28)25(36)20-6-8-23(9-7-20)33-39-26(37)29(30,31)32/h3-9,33H,10-19H2,1-2H3. The SMILES string of the molecule is CC1(C)Cc2cccc(CN3CCC4(CC3)CCN(C(=O)c3ccc(NOC(=O)C(F)(F)F)cc3)CC4)c2O1. The molecule has 2 fully saturated rings. The predicted molar refractivity (Wildman–Crippen MR) is 139 cm³/mol. The second-order valence-corrected chi connectivity index (χ2v) is 11.6. The van der Waals surface area contributed by atoms with Crippen LogP contribution in [0.5, 0.6) is 5.75 Å². The number of anilines is 1. The average molecular weight is 546 g/mol. The summed E-state index contributed by atoms with van der Waals surface area (Å²) in [5, 5.41) is 0. The van der Waals surface area contributed by atoms with Crippen LogP contribution in [0.15, 0.2) is 42.5 Å². The summed E-state index contributed by atoms with van der Waals surface area (Å²) in [7, 11) is 0. The third kappa shape index (κ3) is 6.16. The molecular weight excluding hydrogens is 511 g/mol. The number of nitrogens with zero attached hydrogens (tertiary/aromatic N) is 2. The van der Waals surface area contributed by atoms with Crippen molar-refractivity contribution >= 4 is 17.6 Å². The summed E-state index contributed by atoms with van der Waals surface area (Å²) in [6, 6.07) is 12.3. The molecule has 0 saturated carbocycles. The zero-order valence-corrected chi connectivity index (χ0v) is 22.3. The van der Waals surface area contributed by atoms with E-state index in [1.807, 2.05) is 10.4 Å². The highest BCUT2D eigenvalue weighted by molar-refractivity contribution is 5.94. The normalized spacial score (nSPS) is 20.3. The molecule has 3 heterocycles. The van der Waals surface area contributed by atoms with Crippen molar-refractivity contribution in [3.05, 3.63) is 59.2 Å². The van der Waals surface area contributed by atoms with Crippen LogP contribution in [0, 0.1) is 5.41 Å². The number of carbonyl (C=O) groups is 2. The van der Waals surface area contributed by atoms with E-state index in [9.17, 15) is 22.8 Å². The maximum absolute atomic E-state index is 13.0. The van der Waals surface area contributed by atoms with Crippen molar-refractivity contribution in [2.45, 2.75) is 64.3 Å². The molecule has 3 aliphatic heterocycles. The number of halogens is 3. The number of benzene rings is 2. The Morgan fingerprint density at radius 3 is 2.26 bits per heavy atom. The van der Waals surface area contributed by atoms with Gasteiger partial charge in [-0.3, -0.25) is 9.69 Å². The Morgan fingerprint density at radius 2 is 1.62 bits per heavy atom. The van der Waals surface area contributed by atoms with E-state index < -0.39 is 12.1 Å². The van der Waals surface area contributed by atoms with Crippen LogP contribution in [0.2, 0.25) is 0 Å². The lowest BCUT2D eigenvalue weighted by Crippen LogP contribution is -2.48. The monoisotopic (exact) mass is 545 g/mol. The van der Waals surface area contributed by atoms with E-state index >= 15 is 0 Å². The van der Waals surface area contributed by atoms with Gasteiger partial charge in [0, 0.05) is 37.2 Å². The highest BCUT2D eigenvalue weighted by Crippen LogP contribution is 2.43. The number of fused-ring (bicyclic) bond motifs is 1.